The lowest BCUT2D eigenvalue weighted by atomic mass is 10.0. The molecule has 0 spiro atoms. The summed E-state index contributed by atoms with van der Waals surface area (Å²) in [7, 11) is 0. The van der Waals surface area contributed by atoms with Crippen LogP contribution in [0.15, 0.2) is 30.2 Å². The number of carbonyl (C=O) groups is 1. The van der Waals surface area contributed by atoms with Crippen LogP contribution in [0.25, 0.3) is 0 Å². The molecule has 0 fully saturated rings. The van der Waals surface area contributed by atoms with Crippen molar-refractivity contribution in [2.75, 3.05) is 26.2 Å². The first kappa shape index (κ1) is 19.2. The molecule has 0 radical (unpaired) electrons. The van der Waals surface area contributed by atoms with E-state index in [9.17, 15) is 4.79 Å². The number of rotatable bonds is 9. The standard InChI is InChI=1S/C15H23NO2S.ClH/c1-4-8-13(14-9-7-12-19-14)15(17)18-11-10-16(5-2)6-3;/h4,7,9,12-13H,1,5-6,8,10-11H2,2-3H3;1H. The van der Waals surface area contributed by atoms with Gasteiger partial charge in [-0.15, -0.1) is 30.3 Å². The maximum Gasteiger partial charge on any atom is 0.314 e. The molecule has 20 heavy (non-hydrogen) atoms. The minimum Gasteiger partial charge on any atom is -0.464 e. The number of esters is 1. The van der Waals surface area contributed by atoms with E-state index in [0.29, 0.717) is 13.0 Å². The highest BCUT2D eigenvalue weighted by molar-refractivity contribution is 7.10. The minimum absolute atomic E-state index is 0. The molecule has 0 aliphatic carbocycles. The average Bonchev–Trinajstić information content (AvgIpc) is 2.94. The molecule has 0 amide bonds. The summed E-state index contributed by atoms with van der Waals surface area (Å²) in [4.78, 5) is 15.4. The van der Waals surface area contributed by atoms with Crippen LogP contribution in [0.2, 0.25) is 0 Å². The highest BCUT2D eigenvalue weighted by atomic mass is 35.5. The molecular formula is C15H24ClNO2S. The third kappa shape index (κ3) is 6.07. The Balaban J connectivity index is 0.00000361. The number of hydrogen-bond acceptors (Lipinski definition) is 4. The van der Waals surface area contributed by atoms with Gasteiger partial charge in [0, 0.05) is 11.4 Å². The molecule has 1 atom stereocenters. The van der Waals surface area contributed by atoms with Crippen LogP contribution in [0.3, 0.4) is 0 Å². The highest BCUT2D eigenvalue weighted by Crippen LogP contribution is 2.26. The number of allylic oxidation sites excluding steroid dienone is 1. The van der Waals surface area contributed by atoms with Crippen LogP contribution >= 0.6 is 23.7 Å². The molecule has 1 rings (SSSR count). The van der Waals surface area contributed by atoms with Gasteiger partial charge < -0.3 is 9.64 Å². The summed E-state index contributed by atoms with van der Waals surface area (Å²) in [5.74, 6) is -0.344. The van der Waals surface area contributed by atoms with Crippen LogP contribution in [-0.2, 0) is 9.53 Å². The zero-order chi connectivity index (χ0) is 14.1. The van der Waals surface area contributed by atoms with Crippen LogP contribution in [0.4, 0.5) is 0 Å². The van der Waals surface area contributed by atoms with Crippen molar-refractivity contribution < 1.29 is 9.53 Å². The SMILES string of the molecule is C=CCC(C(=O)OCCN(CC)CC)c1cccs1.Cl. The fraction of sp³-hybridized carbons (Fsp3) is 0.533. The van der Waals surface area contributed by atoms with E-state index in [1.165, 1.54) is 0 Å². The van der Waals surface area contributed by atoms with Gasteiger partial charge in [0.2, 0.25) is 0 Å². The first-order chi connectivity index (χ1) is 9.22. The molecule has 0 aliphatic heterocycles. The van der Waals surface area contributed by atoms with Crippen LogP contribution in [0.5, 0.6) is 0 Å². The van der Waals surface area contributed by atoms with Crippen molar-refractivity contribution in [3.8, 4) is 0 Å². The summed E-state index contributed by atoms with van der Waals surface area (Å²) < 4.78 is 5.39. The molecule has 1 aromatic heterocycles. The Morgan fingerprint density at radius 3 is 2.70 bits per heavy atom. The monoisotopic (exact) mass is 317 g/mol. The lowest BCUT2D eigenvalue weighted by Crippen LogP contribution is -2.28. The number of halogens is 1. The van der Waals surface area contributed by atoms with E-state index in [-0.39, 0.29) is 24.3 Å². The second-order valence-electron chi connectivity index (χ2n) is 4.29. The van der Waals surface area contributed by atoms with Crippen molar-refractivity contribution in [2.24, 2.45) is 0 Å². The largest absolute Gasteiger partial charge is 0.464 e. The number of carbonyl (C=O) groups excluding carboxylic acids is 1. The smallest absolute Gasteiger partial charge is 0.314 e. The molecule has 0 N–H and O–H groups in total. The Kier molecular flexibility index (Phi) is 10.4. The molecule has 0 aromatic carbocycles. The fourth-order valence-corrected chi connectivity index (χ4v) is 2.73. The van der Waals surface area contributed by atoms with E-state index in [1.54, 1.807) is 17.4 Å². The van der Waals surface area contributed by atoms with Crippen LogP contribution < -0.4 is 0 Å². The predicted molar refractivity (Wildman–Crippen MR) is 87.9 cm³/mol. The first-order valence-electron chi connectivity index (χ1n) is 6.76. The molecule has 3 nitrogen and oxygen atoms in total. The van der Waals surface area contributed by atoms with Crippen molar-refractivity contribution in [1.82, 2.24) is 4.90 Å². The zero-order valence-electron chi connectivity index (χ0n) is 12.2. The molecule has 114 valence electrons. The van der Waals surface area contributed by atoms with Crippen molar-refractivity contribution in [3.05, 3.63) is 35.0 Å². The van der Waals surface area contributed by atoms with Crippen LogP contribution in [-0.4, -0.2) is 37.1 Å². The fourth-order valence-electron chi connectivity index (χ4n) is 1.90. The maximum atomic E-state index is 12.1. The normalized spacial score (nSPS) is 11.8. The maximum absolute atomic E-state index is 12.1. The van der Waals surface area contributed by atoms with Crippen molar-refractivity contribution in [1.29, 1.82) is 0 Å². The summed E-state index contributed by atoms with van der Waals surface area (Å²) in [5.41, 5.74) is 0. The van der Waals surface area contributed by atoms with Gasteiger partial charge in [-0.25, -0.2) is 0 Å². The molecule has 0 aliphatic rings. The second-order valence-corrected chi connectivity index (χ2v) is 5.27. The summed E-state index contributed by atoms with van der Waals surface area (Å²) in [5, 5.41) is 1.98. The first-order valence-corrected chi connectivity index (χ1v) is 7.64. The highest BCUT2D eigenvalue weighted by Gasteiger charge is 2.21. The van der Waals surface area contributed by atoms with Gasteiger partial charge in [-0.3, -0.25) is 4.79 Å². The molecule has 1 unspecified atom stereocenters. The Bertz CT molecular complexity index is 377. The minimum atomic E-state index is -0.200. The van der Waals surface area contributed by atoms with Gasteiger partial charge >= 0.3 is 5.97 Å². The van der Waals surface area contributed by atoms with Gasteiger partial charge in [0.1, 0.15) is 6.61 Å². The Morgan fingerprint density at radius 2 is 2.20 bits per heavy atom. The van der Waals surface area contributed by atoms with E-state index < -0.39 is 0 Å². The molecule has 5 heteroatoms. The van der Waals surface area contributed by atoms with Gasteiger partial charge in [-0.1, -0.05) is 26.0 Å². The predicted octanol–water partition coefficient (Wildman–Crippen LogP) is 3.71. The third-order valence-corrected chi connectivity index (χ3v) is 4.11. The number of likely N-dealkylation sites (N-methyl/N-ethyl adjacent to an activating group) is 1. The summed E-state index contributed by atoms with van der Waals surface area (Å²) in [6.07, 6.45) is 2.40. The van der Waals surface area contributed by atoms with Crippen LogP contribution in [0.1, 0.15) is 31.1 Å². The van der Waals surface area contributed by atoms with Crippen molar-refractivity contribution >= 4 is 29.7 Å². The lowest BCUT2D eigenvalue weighted by molar-refractivity contribution is -0.145. The lowest BCUT2D eigenvalue weighted by Gasteiger charge is -2.19. The topological polar surface area (TPSA) is 29.5 Å². The number of thiophene rings is 1. The third-order valence-electron chi connectivity index (χ3n) is 3.12. The quantitative estimate of drug-likeness (QED) is 0.513. The second kappa shape index (κ2) is 10.9. The van der Waals surface area contributed by atoms with Gasteiger partial charge in [0.05, 0.1) is 5.92 Å². The molecule has 1 aromatic rings. The van der Waals surface area contributed by atoms with E-state index in [0.717, 1.165) is 24.5 Å². The summed E-state index contributed by atoms with van der Waals surface area (Å²) in [6, 6.07) is 3.93. The van der Waals surface area contributed by atoms with Crippen LogP contribution in [0, 0.1) is 0 Å². The van der Waals surface area contributed by atoms with Gasteiger partial charge in [-0.05, 0) is 31.0 Å². The van der Waals surface area contributed by atoms with Gasteiger partial charge in [0.25, 0.3) is 0 Å². The average molecular weight is 318 g/mol. The molecular weight excluding hydrogens is 294 g/mol. The Labute approximate surface area is 132 Å². The van der Waals surface area contributed by atoms with E-state index in [4.69, 9.17) is 4.74 Å². The van der Waals surface area contributed by atoms with Crippen molar-refractivity contribution in [3.63, 3.8) is 0 Å². The summed E-state index contributed by atoms with van der Waals surface area (Å²) in [6.45, 7) is 11.1. The molecule has 0 saturated carbocycles. The Hall–Kier alpha value is -0.840. The Morgan fingerprint density at radius 1 is 1.50 bits per heavy atom. The number of nitrogens with zero attached hydrogens (tertiary/aromatic N) is 1. The molecule has 0 saturated heterocycles. The number of hydrogen-bond donors (Lipinski definition) is 0. The van der Waals surface area contributed by atoms with E-state index in [2.05, 4.69) is 25.3 Å². The molecule has 0 bridgehead atoms. The van der Waals surface area contributed by atoms with Gasteiger partial charge in [-0.2, -0.15) is 0 Å². The zero-order valence-corrected chi connectivity index (χ0v) is 13.8. The molecule has 1 heterocycles. The summed E-state index contributed by atoms with van der Waals surface area (Å²) >= 11 is 1.59. The van der Waals surface area contributed by atoms with Gasteiger partial charge in [0.15, 0.2) is 0 Å². The van der Waals surface area contributed by atoms with E-state index in [1.807, 2.05) is 17.5 Å². The van der Waals surface area contributed by atoms with E-state index >= 15 is 0 Å². The van der Waals surface area contributed by atoms with Crippen molar-refractivity contribution in [2.45, 2.75) is 26.2 Å². The number of ether oxygens (including phenoxy) is 1.